The van der Waals surface area contributed by atoms with E-state index in [1.165, 1.54) is 12.1 Å². The van der Waals surface area contributed by atoms with Gasteiger partial charge in [-0.25, -0.2) is 4.39 Å². The molecule has 1 atom stereocenters. The minimum absolute atomic E-state index is 0.126. The van der Waals surface area contributed by atoms with E-state index in [1.54, 1.807) is 41.3 Å². The third-order valence-electron chi connectivity index (χ3n) is 5.49. The van der Waals surface area contributed by atoms with Crippen LogP contribution in [0.25, 0.3) is 0 Å². The predicted octanol–water partition coefficient (Wildman–Crippen LogP) is 5.43. The molecule has 34 heavy (non-hydrogen) atoms. The molecule has 1 N–H and O–H groups in total. The van der Waals surface area contributed by atoms with Gasteiger partial charge in [-0.2, -0.15) is 0 Å². The van der Waals surface area contributed by atoms with Gasteiger partial charge in [-0.05, 0) is 46.9 Å². The van der Waals surface area contributed by atoms with Crippen LogP contribution >= 0.6 is 11.6 Å². The van der Waals surface area contributed by atoms with E-state index >= 15 is 0 Å². The summed E-state index contributed by atoms with van der Waals surface area (Å²) in [6.45, 7) is 4.75. The number of hydrogen-bond acceptors (Lipinski definition) is 2. The smallest absolute Gasteiger partial charge is 0.243 e. The summed E-state index contributed by atoms with van der Waals surface area (Å²) in [4.78, 5) is 28.5. The molecule has 3 aromatic carbocycles. The second-order valence-corrected chi connectivity index (χ2v) is 9.23. The van der Waals surface area contributed by atoms with E-state index in [0.29, 0.717) is 18.0 Å². The van der Waals surface area contributed by atoms with Gasteiger partial charge in [-0.3, -0.25) is 9.59 Å². The van der Waals surface area contributed by atoms with Gasteiger partial charge in [0.2, 0.25) is 11.8 Å². The normalized spacial score (nSPS) is 11.8. The molecule has 3 rings (SSSR count). The fourth-order valence-corrected chi connectivity index (χ4v) is 3.77. The monoisotopic (exact) mass is 480 g/mol. The number of halogens is 2. The Bertz CT molecular complexity index is 1070. The maximum absolute atomic E-state index is 13.6. The van der Waals surface area contributed by atoms with E-state index in [9.17, 15) is 14.0 Å². The molecule has 0 aliphatic rings. The molecule has 0 fully saturated rings. The molecule has 0 aromatic heterocycles. The Morgan fingerprint density at radius 2 is 1.50 bits per heavy atom. The van der Waals surface area contributed by atoms with Gasteiger partial charge in [0.1, 0.15) is 11.9 Å². The number of nitrogens with one attached hydrogen (secondary N) is 1. The van der Waals surface area contributed by atoms with E-state index in [2.05, 4.69) is 5.32 Å². The molecule has 0 aliphatic carbocycles. The molecule has 6 heteroatoms. The third kappa shape index (κ3) is 7.70. The second kappa shape index (κ2) is 12.3. The lowest BCUT2D eigenvalue weighted by molar-refractivity contribution is -0.140. The van der Waals surface area contributed by atoms with Crippen LogP contribution in [-0.4, -0.2) is 29.3 Å². The molecule has 0 saturated carbocycles. The van der Waals surface area contributed by atoms with Crippen molar-refractivity contribution >= 4 is 23.4 Å². The quantitative estimate of drug-likeness (QED) is 0.420. The predicted molar refractivity (Wildman–Crippen MR) is 134 cm³/mol. The van der Waals surface area contributed by atoms with Crippen molar-refractivity contribution in [1.82, 2.24) is 10.2 Å². The van der Waals surface area contributed by atoms with Gasteiger partial charge < -0.3 is 10.2 Å². The molecule has 0 unspecified atom stereocenters. The number of carbonyl (C=O) groups excluding carboxylic acids is 2. The van der Waals surface area contributed by atoms with Crippen LogP contribution in [0.1, 0.15) is 30.5 Å². The van der Waals surface area contributed by atoms with Crippen LogP contribution in [0.5, 0.6) is 0 Å². The van der Waals surface area contributed by atoms with E-state index in [1.807, 2.05) is 44.2 Å². The lowest BCUT2D eigenvalue weighted by Gasteiger charge is -2.32. The zero-order chi connectivity index (χ0) is 24.5. The largest absolute Gasteiger partial charge is 0.354 e. The first-order valence-electron chi connectivity index (χ1n) is 11.4. The molecule has 0 heterocycles. The highest BCUT2D eigenvalue weighted by Crippen LogP contribution is 2.18. The van der Waals surface area contributed by atoms with Crippen molar-refractivity contribution in [2.45, 2.75) is 39.3 Å². The number of nitrogens with zero attached hydrogens (tertiary/aromatic N) is 1. The summed E-state index contributed by atoms with van der Waals surface area (Å²) in [5.74, 6) is -0.466. The van der Waals surface area contributed by atoms with Crippen molar-refractivity contribution in [3.63, 3.8) is 0 Å². The van der Waals surface area contributed by atoms with Crippen molar-refractivity contribution in [1.29, 1.82) is 0 Å². The highest BCUT2D eigenvalue weighted by atomic mass is 35.5. The van der Waals surface area contributed by atoms with Crippen LogP contribution in [-0.2, 0) is 29.0 Å². The van der Waals surface area contributed by atoms with Crippen LogP contribution in [0, 0.1) is 11.7 Å². The Morgan fingerprint density at radius 1 is 0.882 bits per heavy atom. The number of amides is 2. The summed E-state index contributed by atoms with van der Waals surface area (Å²) in [6.07, 6.45) is 0.499. The van der Waals surface area contributed by atoms with E-state index in [0.717, 1.165) is 16.7 Å². The molecule has 0 spiro atoms. The maximum atomic E-state index is 13.6. The Kier molecular flexibility index (Phi) is 9.23. The van der Waals surface area contributed by atoms with Crippen molar-refractivity contribution in [3.8, 4) is 0 Å². The summed E-state index contributed by atoms with van der Waals surface area (Å²) in [6, 6.07) is 22.0. The first-order chi connectivity index (χ1) is 16.3. The number of rotatable bonds is 10. The highest BCUT2D eigenvalue weighted by Gasteiger charge is 2.30. The molecule has 0 saturated heterocycles. The van der Waals surface area contributed by atoms with Crippen LogP contribution in [0.15, 0.2) is 78.9 Å². The van der Waals surface area contributed by atoms with E-state index in [4.69, 9.17) is 11.6 Å². The van der Waals surface area contributed by atoms with Crippen LogP contribution < -0.4 is 5.32 Å². The van der Waals surface area contributed by atoms with Crippen molar-refractivity contribution < 1.29 is 14.0 Å². The minimum Gasteiger partial charge on any atom is -0.354 e. The molecule has 178 valence electrons. The SMILES string of the molecule is CC(C)CNC(=O)[C@H](Cc1ccccc1)N(Cc1ccc(F)cc1)C(=O)Cc1ccc(Cl)cc1. The maximum Gasteiger partial charge on any atom is 0.243 e. The molecule has 3 aromatic rings. The van der Waals surface area contributed by atoms with Gasteiger partial charge >= 0.3 is 0 Å². The number of benzene rings is 3. The lowest BCUT2D eigenvalue weighted by Crippen LogP contribution is -2.51. The molecular weight excluding hydrogens is 451 g/mol. The van der Waals surface area contributed by atoms with Crippen molar-refractivity contribution in [3.05, 3.63) is 106 Å². The highest BCUT2D eigenvalue weighted by molar-refractivity contribution is 6.30. The fraction of sp³-hybridized carbons (Fsp3) is 0.286. The van der Waals surface area contributed by atoms with E-state index < -0.39 is 6.04 Å². The third-order valence-corrected chi connectivity index (χ3v) is 5.74. The van der Waals surface area contributed by atoms with Crippen LogP contribution in [0.2, 0.25) is 5.02 Å². The second-order valence-electron chi connectivity index (χ2n) is 8.80. The van der Waals surface area contributed by atoms with E-state index in [-0.39, 0.29) is 36.5 Å². The molecule has 0 bridgehead atoms. The van der Waals surface area contributed by atoms with Gasteiger partial charge in [0.15, 0.2) is 0 Å². The Hall–Kier alpha value is -3.18. The molecule has 0 radical (unpaired) electrons. The molecular formula is C28H30ClFN2O2. The summed E-state index contributed by atoms with van der Waals surface area (Å²) < 4.78 is 13.5. The van der Waals surface area contributed by atoms with Gasteiger partial charge in [-0.1, -0.05) is 80.0 Å². The van der Waals surface area contributed by atoms with Gasteiger partial charge in [0.25, 0.3) is 0 Å². The number of hydrogen-bond donors (Lipinski definition) is 1. The first kappa shape index (κ1) is 25.4. The van der Waals surface area contributed by atoms with Crippen molar-refractivity contribution in [2.24, 2.45) is 5.92 Å². The van der Waals surface area contributed by atoms with Gasteiger partial charge in [0.05, 0.1) is 6.42 Å². The zero-order valence-corrected chi connectivity index (χ0v) is 20.3. The summed E-state index contributed by atoms with van der Waals surface area (Å²) in [7, 11) is 0. The van der Waals surface area contributed by atoms with Crippen LogP contribution in [0.4, 0.5) is 4.39 Å². The summed E-state index contributed by atoms with van der Waals surface area (Å²) >= 11 is 5.99. The van der Waals surface area contributed by atoms with Crippen LogP contribution in [0.3, 0.4) is 0 Å². The summed E-state index contributed by atoms with van der Waals surface area (Å²) in [5.41, 5.74) is 2.51. The standard InChI is InChI=1S/C28H30ClFN2O2/c1-20(2)18-31-28(34)26(16-21-6-4-3-5-7-21)32(19-23-10-14-25(30)15-11-23)27(33)17-22-8-12-24(29)13-9-22/h3-15,20,26H,16-19H2,1-2H3,(H,31,34)/t26-/m0/s1. The van der Waals surface area contributed by atoms with Gasteiger partial charge in [0, 0.05) is 24.5 Å². The average molecular weight is 481 g/mol. The topological polar surface area (TPSA) is 49.4 Å². The lowest BCUT2D eigenvalue weighted by atomic mass is 10.0. The van der Waals surface area contributed by atoms with Gasteiger partial charge in [-0.15, -0.1) is 0 Å². The Labute approximate surface area is 205 Å². The average Bonchev–Trinajstić information content (AvgIpc) is 2.83. The fourth-order valence-electron chi connectivity index (χ4n) is 3.64. The molecule has 2 amide bonds. The van der Waals surface area contributed by atoms with Crippen molar-refractivity contribution in [2.75, 3.05) is 6.54 Å². The molecule has 0 aliphatic heterocycles. The Balaban J connectivity index is 1.93. The zero-order valence-electron chi connectivity index (χ0n) is 19.5. The number of carbonyl (C=O) groups is 2. The minimum atomic E-state index is -0.717. The first-order valence-corrected chi connectivity index (χ1v) is 11.8. The molecule has 4 nitrogen and oxygen atoms in total. The summed E-state index contributed by atoms with van der Waals surface area (Å²) in [5, 5.41) is 3.59. The Morgan fingerprint density at radius 3 is 2.12 bits per heavy atom.